The van der Waals surface area contributed by atoms with Crippen LogP contribution in [0.5, 0.6) is 0 Å². The van der Waals surface area contributed by atoms with Crippen molar-refractivity contribution >= 4 is 23.2 Å². The quantitative estimate of drug-likeness (QED) is 0.921. The molecule has 1 heterocycles. The number of nitrogens with two attached hydrogens (primary N) is 1. The third-order valence-corrected chi connectivity index (χ3v) is 3.85. The van der Waals surface area contributed by atoms with E-state index in [9.17, 15) is 4.79 Å². The molecule has 2 aromatic rings. The average molecular weight is 287 g/mol. The Morgan fingerprint density at radius 1 is 1.20 bits per heavy atom. The number of carbonyl (C=O) groups is 1. The average Bonchev–Trinajstić information content (AvgIpc) is 2.66. The summed E-state index contributed by atoms with van der Waals surface area (Å²) in [6, 6.07) is 12.9. The molecule has 0 bridgehead atoms. The van der Waals surface area contributed by atoms with Gasteiger partial charge in [-0.1, -0.05) is 41.4 Å². The summed E-state index contributed by atoms with van der Waals surface area (Å²) < 4.78 is 0. The molecule has 0 aliphatic carbocycles. The highest BCUT2D eigenvalue weighted by atomic mass is 35.5. The minimum atomic E-state index is -0.558. The molecule has 1 amide bonds. The molecule has 2 aromatic carbocycles. The van der Waals surface area contributed by atoms with E-state index in [4.69, 9.17) is 17.3 Å². The summed E-state index contributed by atoms with van der Waals surface area (Å²) in [6.45, 7) is 2.51. The molecule has 1 aliphatic rings. The second-order valence-corrected chi connectivity index (χ2v) is 5.53. The largest absolute Gasteiger partial charge is 0.316 e. The topological polar surface area (TPSA) is 46.3 Å². The molecule has 1 atom stereocenters. The molecule has 0 unspecified atom stereocenters. The van der Waals surface area contributed by atoms with Crippen molar-refractivity contribution in [2.24, 2.45) is 5.73 Å². The van der Waals surface area contributed by atoms with Gasteiger partial charge in [-0.15, -0.1) is 0 Å². The van der Waals surface area contributed by atoms with Crippen LogP contribution in [0, 0.1) is 6.92 Å². The zero-order chi connectivity index (χ0) is 14.3. The van der Waals surface area contributed by atoms with E-state index in [0.29, 0.717) is 11.6 Å². The lowest BCUT2D eigenvalue weighted by atomic mass is 10.1. The van der Waals surface area contributed by atoms with E-state index in [1.165, 1.54) is 0 Å². The van der Waals surface area contributed by atoms with Crippen LogP contribution in [0.1, 0.15) is 22.7 Å². The first-order valence-electron chi connectivity index (χ1n) is 6.48. The normalized spacial score (nSPS) is 17.4. The van der Waals surface area contributed by atoms with Crippen molar-refractivity contribution in [2.45, 2.75) is 19.5 Å². The van der Waals surface area contributed by atoms with Gasteiger partial charge in [-0.25, -0.2) is 0 Å². The zero-order valence-corrected chi connectivity index (χ0v) is 11.9. The Morgan fingerprint density at radius 2 is 1.90 bits per heavy atom. The molecular formula is C16H15ClN2O. The van der Waals surface area contributed by atoms with Gasteiger partial charge in [-0.3, -0.25) is 4.79 Å². The number of benzene rings is 2. The summed E-state index contributed by atoms with van der Waals surface area (Å²) in [7, 11) is 0. The van der Waals surface area contributed by atoms with Crippen LogP contribution >= 0.6 is 11.6 Å². The molecule has 102 valence electrons. The maximum Gasteiger partial charge on any atom is 0.248 e. The molecule has 0 fully saturated rings. The van der Waals surface area contributed by atoms with Crippen molar-refractivity contribution < 1.29 is 4.79 Å². The minimum Gasteiger partial charge on any atom is -0.316 e. The van der Waals surface area contributed by atoms with Gasteiger partial charge < -0.3 is 10.6 Å². The van der Waals surface area contributed by atoms with Crippen LogP contribution in [0.25, 0.3) is 0 Å². The number of hydrogen-bond acceptors (Lipinski definition) is 2. The van der Waals surface area contributed by atoms with Crippen LogP contribution in [-0.4, -0.2) is 5.91 Å². The predicted octanol–water partition coefficient (Wildman–Crippen LogP) is 3.20. The molecule has 0 saturated carbocycles. The number of nitrogens with zero attached hydrogens (tertiary/aromatic N) is 1. The molecule has 3 nitrogen and oxygen atoms in total. The fourth-order valence-electron chi connectivity index (χ4n) is 2.52. The first-order chi connectivity index (χ1) is 9.56. The lowest BCUT2D eigenvalue weighted by Gasteiger charge is -2.17. The molecule has 2 N–H and O–H groups in total. The summed E-state index contributed by atoms with van der Waals surface area (Å²) in [5.74, 6) is -0.0550. The van der Waals surface area contributed by atoms with Crippen LogP contribution < -0.4 is 10.6 Å². The van der Waals surface area contributed by atoms with Crippen molar-refractivity contribution in [3.63, 3.8) is 0 Å². The smallest absolute Gasteiger partial charge is 0.248 e. The van der Waals surface area contributed by atoms with Gasteiger partial charge in [0.25, 0.3) is 0 Å². The van der Waals surface area contributed by atoms with Gasteiger partial charge in [0, 0.05) is 16.3 Å². The van der Waals surface area contributed by atoms with E-state index in [-0.39, 0.29) is 5.91 Å². The van der Waals surface area contributed by atoms with Gasteiger partial charge in [0.2, 0.25) is 5.91 Å². The van der Waals surface area contributed by atoms with Crippen molar-refractivity contribution in [3.8, 4) is 0 Å². The van der Waals surface area contributed by atoms with Crippen LogP contribution in [0.15, 0.2) is 42.5 Å². The Kier molecular flexibility index (Phi) is 3.24. The number of rotatable bonds is 2. The first kappa shape index (κ1) is 13.2. The van der Waals surface area contributed by atoms with Crippen LogP contribution in [-0.2, 0) is 11.3 Å². The van der Waals surface area contributed by atoms with Crippen molar-refractivity contribution in [1.29, 1.82) is 0 Å². The molecule has 1 aliphatic heterocycles. The number of fused-ring (bicyclic) bond motifs is 1. The molecule has 4 heteroatoms. The zero-order valence-electron chi connectivity index (χ0n) is 11.1. The number of hydrogen-bond donors (Lipinski definition) is 1. The number of amides is 1. The number of anilines is 1. The third kappa shape index (κ3) is 2.19. The fraction of sp³-hybridized carbons (Fsp3) is 0.188. The van der Waals surface area contributed by atoms with Crippen molar-refractivity contribution in [2.75, 3.05) is 4.90 Å². The number of aryl methyl sites for hydroxylation is 1. The summed E-state index contributed by atoms with van der Waals surface area (Å²) >= 11 is 5.88. The van der Waals surface area contributed by atoms with Crippen molar-refractivity contribution in [1.82, 2.24) is 0 Å². The molecule has 0 saturated heterocycles. The molecule has 0 spiro atoms. The Hall–Kier alpha value is -1.84. The molecule has 3 rings (SSSR count). The first-order valence-corrected chi connectivity index (χ1v) is 6.86. The Morgan fingerprint density at radius 3 is 2.60 bits per heavy atom. The van der Waals surface area contributed by atoms with E-state index >= 15 is 0 Å². The van der Waals surface area contributed by atoms with Gasteiger partial charge in [0.15, 0.2) is 0 Å². The highest BCUT2D eigenvalue weighted by molar-refractivity contribution is 6.30. The van der Waals surface area contributed by atoms with E-state index < -0.39 is 6.04 Å². The van der Waals surface area contributed by atoms with Crippen LogP contribution in [0.2, 0.25) is 5.02 Å². The summed E-state index contributed by atoms with van der Waals surface area (Å²) in [5.41, 5.74) is 9.97. The van der Waals surface area contributed by atoms with Crippen LogP contribution in [0.4, 0.5) is 5.69 Å². The molecule has 0 radical (unpaired) electrons. The van der Waals surface area contributed by atoms with E-state index in [1.807, 2.05) is 49.4 Å². The molecular weight excluding hydrogens is 272 g/mol. The Balaban J connectivity index is 1.95. The second-order valence-electron chi connectivity index (χ2n) is 5.09. The summed E-state index contributed by atoms with van der Waals surface area (Å²) in [6.07, 6.45) is 0. The lowest BCUT2D eigenvalue weighted by molar-refractivity contribution is -0.119. The van der Waals surface area contributed by atoms with E-state index in [0.717, 1.165) is 22.4 Å². The summed E-state index contributed by atoms with van der Waals surface area (Å²) in [4.78, 5) is 14.1. The van der Waals surface area contributed by atoms with Crippen LogP contribution in [0.3, 0.4) is 0 Å². The minimum absolute atomic E-state index is 0.0550. The van der Waals surface area contributed by atoms with Gasteiger partial charge in [-0.2, -0.15) is 0 Å². The van der Waals surface area contributed by atoms with E-state index in [1.54, 1.807) is 4.90 Å². The molecule has 0 aromatic heterocycles. The maximum absolute atomic E-state index is 12.3. The van der Waals surface area contributed by atoms with Gasteiger partial charge >= 0.3 is 0 Å². The predicted molar refractivity (Wildman–Crippen MR) is 80.7 cm³/mol. The highest BCUT2D eigenvalue weighted by Crippen LogP contribution is 2.36. The highest BCUT2D eigenvalue weighted by Gasteiger charge is 2.34. The number of carbonyl (C=O) groups excluding carboxylic acids is 1. The van der Waals surface area contributed by atoms with Gasteiger partial charge in [0.05, 0.1) is 6.54 Å². The third-order valence-electron chi connectivity index (χ3n) is 3.59. The number of halogens is 1. The Labute approximate surface area is 123 Å². The van der Waals surface area contributed by atoms with Gasteiger partial charge in [-0.05, 0) is 30.7 Å². The van der Waals surface area contributed by atoms with E-state index in [2.05, 4.69) is 0 Å². The SMILES string of the molecule is Cc1ccc2c(c1)[C@H](N)C(=O)N2Cc1ccc(Cl)cc1. The second kappa shape index (κ2) is 4.93. The Bertz CT molecular complexity index is 667. The molecule has 20 heavy (non-hydrogen) atoms. The standard InChI is InChI=1S/C16H15ClN2O/c1-10-2-7-14-13(8-10)15(18)16(20)19(14)9-11-3-5-12(17)6-4-11/h2-8,15H,9,18H2,1H3/t15-/m0/s1. The summed E-state index contributed by atoms with van der Waals surface area (Å²) in [5, 5.41) is 0.689. The fourth-order valence-corrected chi connectivity index (χ4v) is 2.65. The van der Waals surface area contributed by atoms with Gasteiger partial charge in [0.1, 0.15) is 6.04 Å². The van der Waals surface area contributed by atoms with Crippen molar-refractivity contribution in [3.05, 3.63) is 64.2 Å². The lowest BCUT2D eigenvalue weighted by Crippen LogP contribution is -2.31. The maximum atomic E-state index is 12.3. The monoisotopic (exact) mass is 286 g/mol.